The maximum atomic E-state index is 11.4. The summed E-state index contributed by atoms with van der Waals surface area (Å²) < 4.78 is 6.02. The molecule has 0 unspecified atom stereocenters. The normalized spacial score (nSPS) is 21.0. The average molecular weight is 314 g/mol. The molecule has 23 heavy (non-hydrogen) atoms. The number of aromatic nitrogens is 3. The molecule has 0 atom stereocenters. The zero-order valence-electron chi connectivity index (χ0n) is 13.5. The lowest BCUT2D eigenvalue weighted by Gasteiger charge is -2.34. The minimum atomic E-state index is 0.132. The van der Waals surface area contributed by atoms with Gasteiger partial charge in [-0.15, -0.1) is 0 Å². The highest BCUT2D eigenvalue weighted by atomic mass is 16.5. The molecule has 1 fully saturated rings. The average Bonchev–Trinajstić information content (AvgIpc) is 3.10. The first kappa shape index (κ1) is 15.5. The van der Waals surface area contributed by atoms with Crippen molar-refractivity contribution in [3.63, 3.8) is 0 Å². The third-order valence-electron chi connectivity index (χ3n) is 4.50. The molecule has 6 nitrogen and oxygen atoms in total. The molecule has 0 bridgehead atoms. The number of carbonyl (C=O) groups excluding carboxylic acids is 1. The molecule has 122 valence electrons. The number of carbonyl (C=O) groups is 1. The number of rotatable bonds is 4. The highest BCUT2D eigenvalue weighted by molar-refractivity contribution is 5.73. The third-order valence-corrected chi connectivity index (χ3v) is 4.50. The lowest BCUT2D eigenvalue weighted by molar-refractivity contribution is -0.130. The van der Waals surface area contributed by atoms with Crippen LogP contribution < -0.4 is 4.74 Å². The van der Waals surface area contributed by atoms with Gasteiger partial charge in [0.1, 0.15) is 5.75 Å². The van der Waals surface area contributed by atoms with Crippen molar-refractivity contribution in [1.82, 2.24) is 20.1 Å². The molecule has 2 aromatic rings. The van der Waals surface area contributed by atoms with Gasteiger partial charge in [-0.25, -0.2) is 0 Å². The second-order valence-corrected chi connectivity index (χ2v) is 6.03. The summed E-state index contributed by atoms with van der Waals surface area (Å²) in [6, 6.07) is 6.10. The smallest absolute Gasteiger partial charge is 0.219 e. The highest BCUT2D eigenvalue weighted by Crippen LogP contribution is 2.26. The van der Waals surface area contributed by atoms with E-state index >= 15 is 0 Å². The Balaban J connectivity index is 1.54. The number of hydrogen-bond donors (Lipinski definition) is 1. The molecular formula is C17H22N4O2. The van der Waals surface area contributed by atoms with Gasteiger partial charge in [0, 0.05) is 26.2 Å². The second-order valence-electron chi connectivity index (χ2n) is 6.03. The molecular weight excluding hydrogens is 292 g/mol. The fraction of sp³-hybridized carbons (Fsp3) is 0.471. The van der Waals surface area contributed by atoms with Crippen LogP contribution in [0.4, 0.5) is 0 Å². The van der Waals surface area contributed by atoms with Crippen molar-refractivity contribution in [2.45, 2.75) is 44.8 Å². The van der Waals surface area contributed by atoms with Gasteiger partial charge in [-0.05, 0) is 43.9 Å². The van der Waals surface area contributed by atoms with Crippen molar-refractivity contribution in [3.8, 4) is 17.1 Å². The quantitative estimate of drug-likeness (QED) is 0.941. The molecule has 3 rings (SSSR count). The number of hydrogen-bond acceptors (Lipinski definition) is 4. The van der Waals surface area contributed by atoms with Gasteiger partial charge in [-0.3, -0.25) is 14.9 Å². The van der Waals surface area contributed by atoms with Crippen molar-refractivity contribution in [2.75, 3.05) is 7.05 Å². The van der Waals surface area contributed by atoms with Crippen molar-refractivity contribution in [1.29, 1.82) is 0 Å². The molecule has 2 aromatic heterocycles. The van der Waals surface area contributed by atoms with Crippen LogP contribution in [0.5, 0.6) is 5.75 Å². The van der Waals surface area contributed by atoms with E-state index in [4.69, 9.17) is 4.74 Å². The van der Waals surface area contributed by atoms with Gasteiger partial charge < -0.3 is 9.64 Å². The van der Waals surface area contributed by atoms with Crippen molar-refractivity contribution in [3.05, 3.63) is 30.6 Å². The van der Waals surface area contributed by atoms with Crippen LogP contribution in [0, 0.1) is 0 Å². The molecule has 1 amide bonds. The summed E-state index contributed by atoms with van der Waals surface area (Å²) in [5.41, 5.74) is 1.74. The molecule has 6 heteroatoms. The zero-order valence-corrected chi connectivity index (χ0v) is 13.5. The van der Waals surface area contributed by atoms with E-state index in [-0.39, 0.29) is 12.0 Å². The van der Waals surface area contributed by atoms with Crippen molar-refractivity contribution >= 4 is 5.91 Å². The summed E-state index contributed by atoms with van der Waals surface area (Å²) in [5, 5.41) is 6.82. The standard InChI is InChI=1S/C17H22N4O2/c1-12(22)21(2)13-3-5-14(6-4-13)23-15-7-8-16(18-11-15)17-9-10-19-20-17/h7-11,13-14H,3-6H2,1-2H3,(H,19,20). The van der Waals surface area contributed by atoms with Gasteiger partial charge in [0.05, 0.1) is 23.7 Å². The van der Waals surface area contributed by atoms with E-state index in [9.17, 15) is 4.79 Å². The number of nitrogens with zero attached hydrogens (tertiary/aromatic N) is 3. The summed E-state index contributed by atoms with van der Waals surface area (Å²) in [7, 11) is 1.88. The maximum absolute atomic E-state index is 11.4. The van der Waals surface area contributed by atoms with Crippen LogP contribution in [0.15, 0.2) is 30.6 Å². The SMILES string of the molecule is CC(=O)N(C)C1CCC(Oc2ccc(-c3ccn[nH]3)nc2)CC1. The molecule has 1 N–H and O–H groups in total. The number of amides is 1. The number of ether oxygens (including phenoxy) is 1. The second kappa shape index (κ2) is 6.81. The lowest BCUT2D eigenvalue weighted by Crippen LogP contribution is -2.40. The topological polar surface area (TPSA) is 71.1 Å². The van der Waals surface area contributed by atoms with Crippen LogP contribution in [0.3, 0.4) is 0 Å². The van der Waals surface area contributed by atoms with Crippen LogP contribution in [-0.2, 0) is 4.79 Å². The Bertz CT molecular complexity index is 631. The van der Waals surface area contributed by atoms with E-state index in [2.05, 4.69) is 15.2 Å². The van der Waals surface area contributed by atoms with Gasteiger partial charge in [-0.1, -0.05) is 0 Å². The fourth-order valence-corrected chi connectivity index (χ4v) is 3.01. The Morgan fingerprint density at radius 1 is 1.26 bits per heavy atom. The van der Waals surface area contributed by atoms with E-state index < -0.39 is 0 Å². The summed E-state index contributed by atoms with van der Waals surface area (Å²) >= 11 is 0. The number of pyridine rings is 1. The highest BCUT2D eigenvalue weighted by Gasteiger charge is 2.26. The predicted octanol–water partition coefficient (Wildman–Crippen LogP) is 2.64. The Labute approximate surface area is 135 Å². The summed E-state index contributed by atoms with van der Waals surface area (Å²) in [6.07, 6.45) is 7.56. The number of aromatic amines is 1. The predicted molar refractivity (Wildman–Crippen MR) is 86.9 cm³/mol. The fourth-order valence-electron chi connectivity index (χ4n) is 3.01. The third kappa shape index (κ3) is 3.70. The minimum absolute atomic E-state index is 0.132. The Morgan fingerprint density at radius 2 is 2.04 bits per heavy atom. The first-order chi connectivity index (χ1) is 11.1. The molecule has 2 heterocycles. The number of H-pyrrole nitrogens is 1. The van der Waals surface area contributed by atoms with Gasteiger partial charge in [0.15, 0.2) is 0 Å². The van der Waals surface area contributed by atoms with Crippen LogP contribution in [0.2, 0.25) is 0 Å². The van der Waals surface area contributed by atoms with Crippen LogP contribution >= 0.6 is 0 Å². The molecule has 1 aliphatic rings. The summed E-state index contributed by atoms with van der Waals surface area (Å²) in [6.45, 7) is 1.62. The molecule has 0 saturated heterocycles. The van der Waals surface area contributed by atoms with Gasteiger partial charge in [0.2, 0.25) is 5.91 Å². The molecule has 0 aromatic carbocycles. The monoisotopic (exact) mass is 314 g/mol. The molecule has 0 radical (unpaired) electrons. The molecule has 1 aliphatic carbocycles. The van der Waals surface area contributed by atoms with Crippen molar-refractivity contribution in [2.24, 2.45) is 0 Å². The Morgan fingerprint density at radius 3 is 2.61 bits per heavy atom. The largest absolute Gasteiger partial charge is 0.489 e. The summed E-state index contributed by atoms with van der Waals surface area (Å²) in [4.78, 5) is 17.7. The zero-order chi connectivity index (χ0) is 16.2. The van der Waals surface area contributed by atoms with E-state index in [1.165, 1.54) is 0 Å². The van der Waals surface area contributed by atoms with E-state index in [0.29, 0.717) is 6.04 Å². The number of nitrogens with one attached hydrogen (secondary N) is 1. The van der Waals surface area contributed by atoms with E-state index in [0.717, 1.165) is 42.8 Å². The van der Waals surface area contributed by atoms with E-state index in [1.807, 2.05) is 30.1 Å². The van der Waals surface area contributed by atoms with Crippen LogP contribution in [0.1, 0.15) is 32.6 Å². The van der Waals surface area contributed by atoms with Crippen molar-refractivity contribution < 1.29 is 9.53 Å². The Kier molecular flexibility index (Phi) is 4.60. The Hall–Kier alpha value is -2.37. The van der Waals surface area contributed by atoms with E-state index in [1.54, 1.807) is 19.3 Å². The summed E-state index contributed by atoms with van der Waals surface area (Å²) in [5.74, 6) is 0.921. The molecule has 0 aliphatic heterocycles. The van der Waals surface area contributed by atoms with Gasteiger partial charge in [-0.2, -0.15) is 5.10 Å². The van der Waals surface area contributed by atoms with Crippen LogP contribution in [-0.4, -0.2) is 45.2 Å². The molecule has 0 spiro atoms. The molecule has 1 saturated carbocycles. The minimum Gasteiger partial charge on any atom is -0.489 e. The van der Waals surface area contributed by atoms with Crippen LogP contribution in [0.25, 0.3) is 11.4 Å². The van der Waals surface area contributed by atoms with Gasteiger partial charge in [0.25, 0.3) is 0 Å². The maximum Gasteiger partial charge on any atom is 0.219 e. The first-order valence-corrected chi connectivity index (χ1v) is 7.99. The lowest BCUT2D eigenvalue weighted by atomic mass is 9.92. The first-order valence-electron chi connectivity index (χ1n) is 7.99. The van der Waals surface area contributed by atoms with Gasteiger partial charge >= 0.3 is 0 Å².